The summed E-state index contributed by atoms with van der Waals surface area (Å²) < 4.78 is 26.7. The molecule has 9 nitrogen and oxygen atoms in total. The molecule has 0 bridgehead atoms. The highest BCUT2D eigenvalue weighted by Gasteiger charge is 2.22. The molecule has 5 rings (SSSR count). The number of terminal acetylenes is 1. The number of Topliss-reactive ketones (excluding diaryl/α,β-unsaturated/α-hetero) is 1. The lowest BCUT2D eigenvalue weighted by atomic mass is 10.0. The van der Waals surface area contributed by atoms with Crippen molar-refractivity contribution in [2.45, 2.75) is 25.8 Å². The number of ketones is 1. The van der Waals surface area contributed by atoms with Crippen molar-refractivity contribution < 1.29 is 18.7 Å². The fourth-order valence-corrected chi connectivity index (χ4v) is 4.18. The number of rotatable bonds is 6. The Bertz CT molecular complexity index is 1270. The summed E-state index contributed by atoms with van der Waals surface area (Å²) in [6, 6.07) is 3.61. The quantitative estimate of drug-likeness (QED) is 0.458. The van der Waals surface area contributed by atoms with Gasteiger partial charge in [-0.25, -0.2) is 4.98 Å². The van der Waals surface area contributed by atoms with E-state index in [0.29, 0.717) is 60.0 Å². The predicted octanol–water partition coefficient (Wildman–Crippen LogP) is 1.51. The smallest absolute Gasteiger partial charge is 0.312 e. The Hall–Kier alpha value is -3.71. The maximum Gasteiger partial charge on any atom is 0.312 e. The number of carbonyl (C=O) groups is 1. The van der Waals surface area contributed by atoms with E-state index in [2.05, 4.69) is 25.8 Å². The number of nitrogen functional groups attached to an aromatic ring is 1. The van der Waals surface area contributed by atoms with Gasteiger partial charge in [0.05, 0.1) is 6.54 Å². The number of halogens is 1. The monoisotopic (exact) mass is 436 g/mol. The van der Waals surface area contributed by atoms with Crippen molar-refractivity contribution in [3.63, 3.8) is 0 Å². The van der Waals surface area contributed by atoms with Gasteiger partial charge >= 0.3 is 6.08 Å². The zero-order valence-corrected chi connectivity index (χ0v) is 17.3. The van der Waals surface area contributed by atoms with Crippen LogP contribution in [0, 0.1) is 18.4 Å². The van der Waals surface area contributed by atoms with Crippen molar-refractivity contribution in [3.05, 3.63) is 35.2 Å². The van der Waals surface area contributed by atoms with Gasteiger partial charge in [-0.1, -0.05) is 5.92 Å². The van der Waals surface area contributed by atoms with Crippen LogP contribution in [0.5, 0.6) is 11.5 Å². The minimum Gasteiger partial charge on any atom is -0.454 e. The molecule has 0 amide bonds. The Morgan fingerprint density at radius 2 is 2.00 bits per heavy atom. The highest BCUT2D eigenvalue weighted by Crippen LogP contribution is 2.35. The molecule has 0 spiro atoms. The van der Waals surface area contributed by atoms with Crippen molar-refractivity contribution in [1.82, 2.24) is 24.4 Å². The average molecular weight is 436 g/mol. The number of aromatic nitrogens is 4. The lowest BCUT2D eigenvalue weighted by Crippen LogP contribution is -2.23. The Morgan fingerprint density at radius 3 is 2.75 bits per heavy atom. The minimum absolute atomic E-state index is 0.0134. The third kappa shape index (κ3) is 3.71. The lowest BCUT2D eigenvalue weighted by molar-refractivity contribution is -0.116. The van der Waals surface area contributed by atoms with Crippen LogP contribution in [0.15, 0.2) is 12.1 Å². The number of carbonyl (C=O) groups excluding carboxylic acids is 1. The van der Waals surface area contributed by atoms with Crippen molar-refractivity contribution in [2.24, 2.45) is 0 Å². The number of aryl methyl sites for hydroxylation is 1. The van der Waals surface area contributed by atoms with E-state index >= 15 is 0 Å². The van der Waals surface area contributed by atoms with Crippen LogP contribution >= 0.6 is 0 Å². The molecule has 2 aliphatic heterocycles. The molecule has 0 saturated carbocycles. The van der Waals surface area contributed by atoms with E-state index in [0.717, 1.165) is 25.1 Å². The first-order chi connectivity index (χ1) is 15.5. The Morgan fingerprint density at radius 1 is 1.19 bits per heavy atom. The van der Waals surface area contributed by atoms with Crippen LogP contribution in [0.3, 0.4) is 0 Å². The van der Waals surface area contributed by atoms with Gasteiger partial charge in [-0.05, 0) is 18.1 Å². The molecule has 1 aromatic carbocycles. The van der Waals surface area contributed by atoms with E-state index < -0.39 is 6.08 Å². The fraction of sp³-hybridized carbons (Fsp3) is 0.364. The molecule has 1 saturated heterocycles. The van der Waals surface area contributed by atoms with Gasteiger partial charge in [-0.3, -0.25) is 9.69 Å². The Labute approximate surface area is 183 Å². The summed E-state index contributed by atoms with van der Waals surface area (Å²) in [5.41, 5.74) is 8.10. The summed E-state index contributed by atoms with van der Waals surface area (Å²) in [6.07, 6.45) is 6.51. The molecule has 2 aliphatic rings. The highest BCUT2D eigenvalue weighted by atomic mass is 19.1. The molecular weight excluding hydrogens is 415 g/mol. The number of nitrogens with two attached hydrogens (primary N) is 1. The topological polar surface area (TPSA) is 108 Å². The van der Waals surface area contributed by atoms with E-state index in [1.165, 1.54) is 0 Å². The van der Waals surface area contributed by atoms with Crippen molar-refractivity contribution >= 4 is 22.8 Å². The zero-order valence-electron chi connectivity index (χ0n) is 17.3. The number of imidazole rings is 1. The molecule has 2 aromatic heterocycles. The normalized spacial score (nSPS) is 15.6. The van der Waals surface area contributed by atoms with Crippen LogP contribution in [0.4, 0.5) is 10.2 Å². The van der Waals surface area contributed by atoms with Crippen LogP contribution in [0.1, 0.15) is 29.8 Å². The molecule has 1 fully saturated rings. The number of ether oxygens (including phenoxy) is 2. The van der Waals surface area contributed by atoms with Gasteiger partial charge in [-0.2, -0.15) is 14.4 Å². The second kappa shape index (κ2) is 8.09. The largest absolute Gasteiger partial charge is 0.454 e. The standard InChI is InChI=1S/C22H21FN6O3/c1-2-13-8-16-17(32-12-31-16)9-14(13)10-18-25-19-20(24)26-22(23)27-21(19)29(18)6-3-5-28-7-4-15(30)11-28/h1,8-9H,3-7,10-12H2,(H2,24,26,27). The molecule has 3 aromatic rings. The number of benzene rings is 1. The highest BCUT2D eigenvalue weighted by molar-refractivity contribution is 5.82. The molecule has 10 heteroatoms. The van der Waals surface area contributed by atoms with E-state index in [4.69, 9.17) is 21.6 Å². The van der Waals surface area contributed by atoms with Gasteiger partial charge in [-0.15, -0.1) is 6.42 Å². The van der Waals surface area contributed by atoms with E-state index in [-0.39, 0.29) is 18.4 Å². The van der Waals surface area contributed by atoms with E-state index in [9.17, 15) is 9.18 Å². The summed E-state index contributed by atoms with van der Waals surface area (Å²) in [5.74, 6) is 4.78. The molecule has 0 unspecified atom stereocenters. The van der Waals surface area contributed by atoms with E-state index in [1.54, 1.807) is 6.07 Å². The van der Waals surface area contributed by atoms with Crippen LogP contribution in [0.25, 0.3) is 11.2 Å². The zero-order chi connectivity index (χ0) is 22.2. The summed E-state index contributed by atoms with van der Waals surface area (Å²) in [7, 11) is 0. The summed E-state index contributed by atoms with van der Waals surface area (Å²) in [4.78, 5) is 25.8. The number of nitrogens with zero attached hydrogens (tertiary/aromatic N) is 5. The molecule has 164 valence electrons. The molecule has 32 heavy (non-hydrogen) atoms. The third-order valence-electron chi connectivity index (χ3n) is 5.74. The number of anilines is 1. The van der Waals surface area contributed by atoms with E-state index in [1.807, 2.05) is 10.6 Å². The molecule has 0 aliphatic carbocycles. The van der Waals surface area contributed by atoms with Gasteiger partial charge in [0.15, 0.2) is 28.5 Å². The van der Waals surface area contributed by atoms with Crippen molar-refractivity contribution in [1.29, 1.82) is 0 Å². The second-order valence-corrected chi connectivity index (χ2v) is 7.83. The maximum absolute atomic E-state index is 13.9. The summed E-state index contributed by atoms with van der Waals surface area (Å²) >= 11 is 0. The average Bonchev–Trinajstić information content (AvgIpc) is 3.47. The van der Waals surface area contributed by atoms with Gasteiger partial charge in [0.1, 0.15) is 11.6 Å². The summed E-state index contributed by atoms with van der Waals surface area (Å²) in [5, 5.41) is 0. The molecule has 4 heterocycles. The Kier molecular flexibility index (Phi) is 5.11. The first-order valence-corrected chi connectivity index (χ1v) is 10.3. The number of likely N-dealkylation sites (tertiary alicyclic amines) is 1. The van der Waals surface area contributed by atoms with Gasteiger partial charge in [0, 0.05) is 44.1 Å². The van der Waals surface area contributed by atoms with Crippen LogP contribution in [0.2, 0.25) is 0 Å². The van der Waals surface area contributed by atoms with Gasteiger partial charge < -0.3 is 19.8 Å². The first kappa shape index (κ1) is 20.2. The molecule has 0 atom stereocenters. The number of hydrogen-bond donors (Lipinski definition) is 1. The third-order valence-corrected chi connectivity index (χ3v) is 5.74. The number of hydrogen-bond acceptors (Lipinski definition) is 8. The first-order valence-electron chi connectivity index (χ1n) is 10.3. The summed E-state index contributed by atoms with van der Waals surface area (Å²) in [6.45, 7) is 2.66. The fourth-order valence-electron chi connectivity index (χ4n) is 4.18. The van der Waals surface area contributed by atoms with Gasteiger partial charge in [0.2, 0.25) is 6.79 Å². The van der Waals surface area contributed by atoms with Crippen molar-refractivity contribution in [3.8, 4) is 23.8 Å². The lowest BCUT2D eigenvalue weighted by Gasteiger charge is -2.15. The molecular formula is C22H21FN6O3. The minimum atomic E-state index is -0.903. The second-order valence-electron chi connectivity index (χ2n) is 7.83. The van der Waals surface area contributed by atoms with Gasteiger partial charge in [0.25, 0.3) is 0 Å². The van der Waals surface area contributed by atoms with Crippen molar-refractivity contribution in [2.75, 3.05) is 32.2 Å². The molecule has 2 N–H and O–H groups in total. The maximum atomic E-state index is 13.9. The van der Waals surface area contributed by atoms with Crippen LogP contribution in [-0.4, -0.2) is 56.6 Å². The molecule has 0 radical (unpaired) electrons. The Balaban J connectivity index is 1.48. The SMILES string of the molecule is C#Cc1cc2c(cc1Cc1nc3c(N)nc(F)nc3n1CCCN1CCC(=O)C1)OCO2. The number of fused-ring (bicyclic) bond motifs is 2. The van der Waals surface area contributed by atoms with Crippen LogP contribution in [-0.2, 0) is 17.8 Å². The predicted molar refractivity (Wildman–Crippen MR) is 114 cm³/mol. The van der Waals surface area contributed by atoms with Crippen LogP contribution < -0.4 is 15.2 Å².